The molecule has 2 aromatic carbocycles. The van der Waals surface area contributed by atoms with Crippen molar-refractivity contribution in [3.8, 4) is 0 Å². The number of rotatable bonds is 1. The van der Waals surface area contributed by atoms with E-state index in [0.29, 0.717) is 18.0 Å². The van der Waals surface area contributed by atoms with Crippen molar-refractivity contribution in [1.82, 2.24) is 4.90 Å². The molecule has 1 aliphatic heterocycles. The highest BCUT2D eigenvalue weighted by Crippen LogP contribution is 2.40. The van der Waals surface area contributed by atoms with Crippen molar-refractivity contribution in [3.05, 3.63) is 48.0 Å². The van der Waals surface area contributed by atoms with E-state index in [1.165, 1.54) is 12.8 Å². The topological polar surface area (TPSA) is 40.5 Å². The third-order valence-electron chi connectivity index (χ3n) is 5.38. The molecule has 0 radical (unpaired) electrons. The van der Waals surface area contributed by atoms with Crippen LogP contribution in [-0.4, -0.2) is 28.7 Å². The summed E-state index contributed by atoms with van der Waals surface area (Å²) in [6, 6.07) is 13.8. The molecule has 1 saturated heterocycles. The largest absolute Gasteiger partial charge is 0.373 e. The van der Waals surface area contributed by atoms with Crippen molar-refractivity contribution >= 4 is 16.7 Å². The molecule has 0 unspecified atom stereocenters. The first kappa shape index (κ1) is 13.8. The van der Waals surface area contributed by atoms with Gasteiger partial charge >= 0.3 is 0 Å². The average Bonchev–Trinajstić information content (AvgIpc) is 2.91. The molecule has 1 N–H and O–H groups in total. The summed E-state index contributed by atoms with van der Waals surface area (Å²) in [5, 5.41) is 12.6. The molecule has 114 valence electrons. The number of nitrogens with zero attached hydrogens (tertiary/aromatic N) is 1. The lowest BCUT2D eigenvalue weighted by atomic mass is 9.81. The number of carbonyl (C=O) groups is 1. The lowest BCUT2D eigenvalue weighted by Crippen LogP contribution is -2.37. The summed E-state index contributed by atoms with van der Waals surface area (Å²) in [6.45, 7) is 0.702. The SMILES string of the molecule is O=C(c1cccc2ccccc12)N1C[C@H]2CCCC[C@H]2[C@@H]1O. The van der Waals surface area contributed by atoms with Gasteiger partial charge in [0.05, 0.1) is 0 Å². The lowest BCUT2D eigenvalue weighted by Gasteiger charge is -2.26. The number of fused-ring (bicyclic) bond motifs is 2. The van der Waals surface area contributed by atoms with Crippen LogP contribution in [0.15, 0.2) is 42.5 Å². The van der Waals surface area contributed by atoms with Crippen molar-refractivity contribution in [2.45, 2.75) is 31.9 Å². The molecule has 3 nitrogen and oxygen atoms in total. The minimum atomic E-state index is -0.614. The smallest absolute Gasteiger partial charge is 0.256 e. The second-order valence-corrected chi connectivity index (χ2v) is 6.61. The molecule has 1 saturated carbocycles. The Kier molecular flexibility index (Phi) is 3.38. The van der Waals surface area contributed by atoms with E-state index in [1.807, 2.05) is 42.5 Å². The molecule has 3 heteroatoms. The average molecular weight is 295 g/mol. The molecule has 3 atom stereocenters. The molecule has 1 amide bonds. The number of aliphatic hydroxyl groups is 1. The molecule has 0 bridgehead atoms. The van der Waals surface area contributed by atoms with Crippen LogP contribution in [0.4, 0.5) is 0 Å². The van der Waals surface area contributed by atoms with E-state index in [4.69, 9.17) is 0 Å². The van der Waals surface area contributed by atoms with Gasteiger partial charge in [-0.1, -0.05) is 49.2 Å². The van der Waals surface area contributed by atoms with Crippen LogP contribution in [0, 0.1) is 11.8 Å². The Bertz CT molecular complexity index is 706. The molecule has 2 fully saturated rings. The second kappa shape index (κ2) is 5.40. The molecular weight excluding hydrogens is 274 g/mol. The first-order chi connectivity index (χ1) is 10.8. The summed E-state index contributed by atoms with van der Waals surface area (Å²) in [7, 11) is 0. The fraction of sp³-hybridized carbons (Fsp3) is 0.421. The predicted octanol–water partition coefficient (Wildman–Crippen LogP) is 3.42. The van der Waals surface area contributed by atoms with Crippen LogP contribution in [-0.2, 0) is 0 Å². The van der Waals surface area contributed by atoms with Crippen LogP contribution in [0.25, 0.3) is 10.8 Å². The Balaban J connectivity index is 1.69. The zero-order valence-corrected chi connectivity index (χ0v) is 12.6. The van der Waals surface area contributed by atoms with Crippen LogP contribution >= 0.6 is 0 Å². The maximum Gasteiger partial charge on any atom is 0.256 e. The van der Waals surface area contributed by atoms with Gasteiger partial charge in [-0.05, 0) is 35.6 Å². The summed E-state index contributed by atoms with van der Waals surface area (Å²) < 4.78 is 0. The fourth-order valence-corrected chi connectivity index (χ4v) is 4.22. The van der Waals surface area contributed by atoms with E-state index in [0.717, 1.165) is 23.6 Å². The number of hydrogen-bond acceptors (Lipinski definition) is 2. The van der Waals surface area contributed by atoms with Crippen molar-refractivity contribution in [2.24, 2.45) is 11.8 Å². The summed E-state index contributed by atoms with van der Waals surface area (Å²) >= 11 is 0. The zero-order chi connectivity index (χ0) is 15.1. The van der Waals surface area contributed by atoms with Crippen molar-refractivity contribution in [1.29, 1.82) is 0 Å². The predicted molar refractivity (Wildman–Crippen MR) is 86.4 cm³/mol. The second-order valence-electron chi connectivity index (χ2n) is 6.61. The van der Waals surface area contributed by atoms with Crippen LogP contribution in [0.1, 0.15) is 36.0 Å². The van der Waals surface area contributed by atoms with Crippen LogP contribution in [0.2, 0.25) is 0 Å². The fourth-order valence-electron chi connectivity index (χ4n) is 4.22. The van der Waals surface area contributed by atoms with Crippen LogP contribution < -0.4 is 0 Å². The molecular formula is C19H21NO2. The van der Waals surface area contributed by atoms with Gasteiger partial charge in [0.1, 0.15) is 6.23 Å². The van der Waals surface area contributed by atoms with E-state index < -0.39 is 6.23 Å². The Morgan fingerprint density at radius 1 is 1.05 bits per heavy atom. The zero-order valence-electron chi connectivity index (χ0n) is 12.6. The van der Waals surface area contributed by atoms with Gasteiger partial charge in [-0.25, -0.2) is 0 Å². The van der Waals surface area contributed by atoms with Crippen LogP contribution in [0.5, 0.6) is 0 Å². The van der Waals surface area contributed by atoms with Gasteiger partial charge in [0, 0.05) is 18.0 Å². The Morgan fingerprint density at radius 2 is 1.82 bits per heavy atom. The molecule has 2 aromatic rings. The highest BCUT2D eigenvalue weighted by molar-refractivity contribution is 6.07. The third kappa shape index (κ3) is 2.12. The molecule has 22 heavy (non-hydrogen) atoms. The maximum absolute atomic E-state index is 13.0. The first-order valence-electron chi connectivity index (χ1n) is 8.22. The molecule has 1 aliphatic carbocycles. The van der Waals surface area contributed by atoms with Crippen molar-refractivity contribution < 1.29 is 9.90 Å². The van der Waals surface area contributed by atoms with E-state index in [9.17, 15) is 9.90 Å². The Labute approximate surface area is 130 Å². The van der Waals surface area contributed by atoms with Crippen molar-refractivity contribution in [3.63, 3.8) is 0 Å². The normalized spacial score (nSPS) is 27.9. The van der Waals surface area contributed by atoms with Gasteiger partial charge in [-0.2, -0.15) is 0 Å². The Hall–Kier alpha value is -1.87. The number of carbonyl (C=O) groups excluding carboxylic acids is 1. The monoisotopic (exact) mass is 295 g/mol. The maximum atomic E-state index is 13.0. The first-order valence-corrected chi connectivity index (χ1v) is 8.22. The standard InChI is InChI=1S/C19H21NO2/c21-18-16-10-4-2-7-14(16)12-20(18)19(22)17-11-5-8-13-6-1-3-9-15(13)17/h1,3,5-6,8-9,11,14,16,18,21H,2,4,7,10,12H2/t14-,16-,18+/m1/s1. The van der Waals surface area contributed by atoms with Gasteiger partial charge in [0.15, 0.2) is 0 Å². The summed E-state index contributed by atoms with van der Waals surface area (Å²) in [4.78, 5) is 14.7. The van der Waals surface area contributed by atoms with E-state index in [1.54, 1.807) is 4.90 Å². The third-order valence-corrected chi connectivity index (χ3v) is 5.38. The summed E-state index contributed by atoms with van der Waals surface area (Å²) in [6.07, 6.45) is 3.97. The Morgan fingerprint density at radius 3 is 2.68 bits per heavy atom. The van der Waals surface area contributed by atoms with E-state index >= 15 is 0 Å². The number of hydrogen-bond donors (Lipinski definition) is 1. The van der Waals surface area contributed by atoms with E-state index in [2.05, 4.69) is 0 Å². The number of amides is 1. The van der Waals surface area contributed by atoms with E-state index in [-0.39, 0.29) is 11.8 Å². The lowest BCUT2D eigenvalue weighted by molar-refractivity contribution is 0.00418. The van der Waals surface area contributed by atoms with Gasteiger partial charge in [-0.3, -0.25) is 4.79 Å². The van der Waals surface area contributed by atoms with Crippen LogP contribution in [0.3, 0.4) is 0 Å². The van der Waals surface area contributed by atoms with Gasteiger partial charge in [0.25, 0.3) is 5.91 Å². The van der Waals surface area contributed by atoms with Gasteiger partial charge < -0.3 is 10.0 Å². The quantitative estimate of drug-likeness (QED) is 0.875. The molecule has 0 aromatic heterocycles. The van der Waals surface area contributed by atoms with Crippen molar-refractivity contribution in [2.75, 3.05) is 6.54 Å². The van der Waals surface area contributed by atoms with Gasteiger partial charge in [-0.15, -0.1) is 0 Å². The molecule has 1 heterocycles. The number of benzene rings is 2. The molecule has 2 aliphatic rings. The number of likely N-dealkylation sites (tertiary alicyclic amines) is 1. The summed E-state index contributed by atoms with van der Waals surface area (Å²) in [5.74, 6) is 0.717. The highest BCUT2D eigenvalue weighted by atomic mass is 16.3. The van der Waals surface area contributed by atoms with Gasteiger partial charge in [0.2, 0.25) is 0 Å². The minimum Gasteiger partial charge on any atom is -0.373 e. The number of aliphatic hydroxyl groups excluding tert-OH is 1. The highest BCUT2D eigenvalue weighted by Gasteiger charge is 2.43. The molecule has 0 spiro atoms. The molecule has 4 rings (SSSR count). The minimum absolute atomic E-state index is 0.0290. The summed E-state index contributed by atoms with van der Waals surface area (Å²) in [5.41, 5.74) is 0.704.